The Morgan fingerprint density at radius 3 is 1.67 bits per heavy atom. The summed E-state index contributed by atoms with van der Waals surface area (Å²) in [6, 6.07) is 55.2. The number of para-hydroxylation sites is 2. The quantitative estimate of drug-likeness (QED) is 0.171. The number of hydrogen-bond acceptors (Lipinski definition) is 2. The van der Waals surface area contributed by atoms with Gasteiger partial charge in [-0.1, -0.05) is 116 Å². The normalized spacial score (nSPS) is 11.6. The van der Waals surface area contributed by atoms with E-state index in [4.69, 9.17) is 9.97 Å². The molecule has 3 heterocycles. The molecule has 0 saturated carbocycles. The molecule has 4 nitrogen and oxygen atoms in total. The van der Waals surface area contributed by atoms with Gasteiger partial charge in [0, 0.05) is 49.8 Å². The van der Waals surface area contributed by atoms with E-state index in [1.807, 2.05) is 42.5 Å². The zero-order chi connectivity index (χ0) is 34.3. The van der Waals surface area contributed by atoms with Crippen LogP contribution >= 0.6 is 0 Å². The van der Waals surface area contributed by atoms with Crippen molar-refractivity contribution >= 4 is 44.9 Å². The van der Waals surface area contributed by atoms with E-state index < -0.39 is 0 Å². The molecule has 242 valence electrons. The van der Waals surface area contributed by atoms with Gasteiger partial charge in [-0.05, 0) is 73.7 Å². The summed E-state index contributed by atoms with van der Waals surface area (Å²) in [4.78, 5) is 10.1. The van der Waals surface area contributed by atoms with Gasteiger partial charge in [0.25, 0.3) is 0 Å². The van der Waals surface area contributed by atoms with Gasteiger partial charge in [0.15, 0.2) is 5.82 Å². The molecule has 0 amide bonds. The summed E-state index contributed by atoms with van der Waals surface area (Å²) >= 11 is 0. The molecule has 0 aliphatic carbocycles. The fourth-order valence-corrected chi connectivity index (χ4v) is 7.32. The van der Waals surface area contributed by atoms with Gasteiger partial charge in [-0.3, -0.25) is 0 Å². The molecule has 9 rings (SSSR count). The smallest absolute Gasteiger partial charge is 0.160 e. The third-order valence-corrected chi connectivity index (χ3v) is 9.63. The number of nitrogens with zero attached hydrogens (tertiary/aromatic N) is 4. The van der Waals surface area contributed by atoms with Crippen LogP contribution in [0.15, 0.2) is 170 Å². The molecular formula is C47H34N4. The van der Waals surface area contributed by atoms with Crippen molar-refractivity contribution in [1.29, 1.82) is 0 Å². The van der Waals surface area contributed by atoms with Crippen molar-refractivity contribution in [1.82, 2.24) is 19.1 Å². The van der Waals surface area contributed by atoms with Gasteiger partial charge < -0.3 is 9.13 Å². The van der Waals surface area contributed by atoms with E-state index in [0.717, 1.165) is 56.2 Å². The van der Waals surface area contributed by atoms with Crippen molar-refractivity contribution in [3.05, 3.63) is 182 Å². The predicted molar refractivity (Wildman–Crippen MR) is 214 cm³/mol. The van der Waals surface area contributed by atoms with Crippen LogP contribution in [0.1, 0.15) is 18.2 Å². The zero-order valence-electron chi connectivity index (χ0n) is 28.2. The first kappa shape index (κ1) is 30.3. The van der Waals surface area contributed by atoms with Gasteiger partial charge in [-0.25, -0.2) is 9.97 Å². The average Bonchev–Trinajstić information content (AvgIpc) is 3.69. The maximum atomic E-state index is 5.06. The summed E-state index contributed by atoms with van der Waals surface area (Å²) in [5.41, 5.74) is 12.7. The molecule has 0 atom stereocenters. The van der Waals surface area contributed by atoms with Crippen LogP contribution < -0.4 is 0 Å². The Balaban J connectivity index is 1.23. The molecule has 0 unspecified atom stereocenters. The Bertz CT molecular complexity index is 2680. The second-order valence-corrected chi connectivity index (χ2v) is 12.7. The Labute approximate surface area is 296 Å². The highest BCUT2D eigenvalue weighted by Crippen LogP contribution is 2.39. The lowest BCUT2D eigenvalue weighted by Gasteiger charge is -2.12. The SMILES string of the molecule is C=Cc1c(/C=C\C)c2cc3c(cc2n1-c1ccc(-c2nc(-c4ccccc4)cc(-c4ccccc4)n2)cc1)c1ccccc1n3-c1ccccc1. The lowest BCUT2D eigenvalue weighted by atomic mass is 10.1. The molecule has 0 radical (unpaired) electrons. The molecule has 9 aromatic rings. The maximum Gasteiger partial charge on any atom is 0.160 e. The second kappa shape index (κ2) is 12.6. The van der Waals surface area contributed by atoms with Crippen LogP contribution in [0.4, 0.5) is 0 Å². The fourth-order valence-electron chi connectivity index (χ4n) is 7.32. The van der Waals surface area contributed by atoms with Gasteiger partial charge in [0.05, 0.1) is 33.6 Å². The number of fused-ring (bicyclic) bond motifs is 4. The Morgan fingerprint density at radius 2 is 1.04 bits per heavy atom. The minimum Gasteiger partial charge on any atom is -0.309 e. The Kier molecular flexibility index (Phi) is 7.48. The molecule has 0 aliphatic rings. The molecule has 3 aromatic heterocycles. The largest absolute Gasteiger partial charge is 0.309 e. The van der Waals surface area contributed by atoms with Crippen molar-refractivity contribution < 1.29 is 0 Å². The highest BCUT2D eigenvalue weighted by molar-refractivity contribution is 6.15. The summed E-state index contributed by atoms with van der Waals surface area (Å²) in [7, 11) is 0. The Hall–Kier alpha value is -6.78. The lowest BCUT2D eigenvalue weighted by molar-refractivity contribution is 1.10. The monoisotopic (exact) mass is 654 g/mol. The number of hydrogen-bond donors (Lipinski definition) is 0. The van der Waals surface area contributed by atoms with E-state index in [9.17, 15) is 0 Å². The van der Waals surface area contributed by atoms with Crippen LogP contribution in [0.5, 0.6) is 0 Å². The number of aromatic nitrogens is 4. The number of allylic oxidation sites excluding steroid dienone is 1. The molecule has 51 heavy (non-hydrogen) atoms. The van der Waals surface area contributed by atoms with Crippen LogP contribution in [0.3, 0.4) is 0 Å². The van der Waals surface area contributed by atoms with E-state index in [-0.39, 0.29) is 0 Å². The van der Waals surface area contributed by atoms with Crippen LogP contribution in [-0.2, 0) is 0 Å². The summed E-state index contributed by atoms with van der Waals surface area (Å²) < 4.78 is 4.70. The minimum absolute atomic E-state index is 0.688. The number of benzene rings is 6. The van der Waals surface area contributed by atoms with Gasteiger partial charge in [-0.2, -0.15) is 0 Å². The second-order valence-electron chi connectivity index (χ2n) is 12.7. The summed E-state index contributed by atoms with van der Waals surface area (Å²) in [5.74, 6) is 0.688. The highest BCUT2D eigenvalue weighted by Gasteiger charge is 2.20. The molecular weight excluding hydrogens is 621 g/mol. The van der Waals surface area contributed by atoms with E-state index in [2.05, 4.69) is 156 Å². The van der Waals surface area contributed by atoms with Gasteiger partial charge in [0.1, 0.15) is 0 Å². The van der Waals surface area contributed by atoms with Crippen molar-refractivity contribution in [2.24, 2.45) is 0 Å². The van der Waals surface area contributed by atoms with Crippen LogP contribution in [0.25, 0.3) is 90.1 Å². The Morgan fingerprint density at radius 1 is 0.490 bits per heavy atom. The van der Waals surface area contributed by atoms with Gasteiger partial charge in [0.2, 0.25) is 0 Å². The molecule has 0 fully saturated rings. The summed E-state index contributed by atoms with van der Waals surface area (Å²) in [5, 5.41) is 3.60. The van der Waals surface area contributed by atoms with Crippen LogP contribution in [0.2, 0.25) is 0 Å². The fraction of sp³-hybridized carbons (Fsp3) is 0.0213. The first-order valence-electron chi connectivity index (χ1n) is 17.2. The number of rotatable bonds is 7. The predicted octanol–water partition coefficient (Wildman–Crippen LogP) is 12.2. The minimum atomic E-state index is 0.688. The molecule has 6 aromatic carbocycles. The highest BCUT2D eigenvalue weighted by atomic mass is 15.0. The van der Waals surface area contributed by atoms with E-state index >= 15 is 0 Å². The molecule has 0 N–H and O–H groups in total. The summed E-state index contributed by atoms with van der Waals surface area (Å²) in [6.07, 6.45) is 6.27. The average molecular weight is 655 g/mol. The molecule has 0 bridgehead atoms. The molecule has 0 aliphatic heterocycles. The van der Waals surface area contributed by atoms with Crippen molar-refractivity contribution in [2.45, 2.75) is 6.92 Å². The van der Waals surface area contributed by atoms with E-state index in [1.54, 1.807) is 0 Å². The van der Waals surface area contributed by atoms with E-state index in [0.29, 0.717) is 5.82 Å². The molecule has 0 spiro atoms. The summed E-state index contributed by atoms with van der Waals surface area (Å²) in [6.45, 7) is 6.36. The van der Waals surface area contributed by atoms with Crippen LogP contribution in [-0.4, -0.2) is 19.1 Å². The first-order valence-corrected chi connectivity index (χ1v) is 17.2. The molecule has 4 heteroatoms. The van der Waals surface area contributed by atoms with Crippen molar-refractivity contribution in [3.63, 3.8) is 0 Å². The standard InChI is InChI=1S/C47H34N4/c1-3-16-37-39-29-46-40(38-23-14-15-24-44(38)51(46)35-21-12-7-13-22-35)30-45(39)50(43(37)4-2)36-27-25-34(26-28-36)47-48-41(32-17-8-5-9-18-32)31-42(49-47)33-19-10-6-11-20-33/h3-31H,2H2,1H3/b16-3-. The third-order valence-electron chi connectivity index (χ3n) is 9.63. The molecule has 0 saturated heterocycles. The van der Waals surface area contributed by atoms with E-state index in [1.165, 1.54) is 27.2 Å². The zero-order valence-corrected chi connectivity index (χ0v) is 28.2. The van der Waals surface area contributed by atoms with Crippen molar-refractivity contribution in [3.8, 4) is 45.3 Å². The topological polar surface area (TPSA) is 35.6 Å². The van der Waals surface area contributed by atoms with Crippen molar-refractivity contribution in [2.75, 3.05) is 0 Å². The third kappa shape index (κ3) is 5.17. The maximum absolute atomic E-state index is 5.06. The van der Waals surface area contributed by atoms with Gasteiger partial charge in [-0.15, -0.1) is 0 Å². The first-order chi connectivity index (χ1) is 25.2. The lowest BCUT2D eigenvalue weighted by Crippen LogP contribution is -1.99. The van der Waals surface area contributed by atoms with Gasteiger partial charge >= 0.3 is 0 Å². The van der Waals surface area contributed by atoms with Crippen LogP contribution in [0, 0.1) is 0 Å².